The van der Waals surface area contributed by atoms with E-state index < -0.39 is 0 Å². The normalized spacial score (nSPS) is 34.9. The van der Waals surface area contributed by atoms with E-state index in [4.69, 9.17) is 4.74 Å². The van der Waals surface area contributed by atoms with Crippen molar-refractivity contribution in [2.24, 2.45) is 5.41 Å². The number of nitrogens with one attached hydrogen (secondary N) is 2. The first-order valence-corrected chi connectivity index (χ1v) is 6.30. The summed E-state index contributed by atoms with van der Waals surface area (Å²) in [5.74, 6) is 0.0734. The first-order chi connectivity index (χ1) is 7.70. The van der Waals surface area contributed by atoms with Crippen molar-refractivity contribution in [3.63, 3.8) is 0 Å². The first kappa shape index (κ1) is 11.9. The van der Waals surface area contributed by atoms with Crippen molar-refractivity contribution in [3.05, 3.63) is 0 Å². The average molecular weight is 226 g/mol. The van der Waals surface area contributed by atoms with Gasteiger partial charge in [-0.25, -0.2) is 0 Å². The zero-order valence-electron chi connectivity index (χ0n) is 10.1. The summed E-state index contributed by atoms with van der Waals surface area (Å²) in [5.41, 5.74) is 0.215. The van der Waals surface area contributed by atoms with Gasteiger partial charge in [0.15, 0.2) is 0 Å². The fourth-order valence-electron chi connectivity index (χ4n) is 2.47. The van der Waals surface area contributed by atoms with Crippen LogP contribution in [0.1, 0.15) is 32.6 Å². The van der Waals surface area contributed by atoms with Gasteiger partial charge in [0.2, 0.25) is 5.91 Å². The van der Waals surface area contributed by atoms with Gasteiger partial charge in [0.05, 0.1) is 0 Å². The van der Waals surface area contributed by atoms with Gasteiger partial charge in [0.1, 0.15) is 6.10 Å². The van der Waals surface area contributed by atoms with Crippen LogP contribution in [-0.2, 0) is 9.53 Å². The zero-order chi connectivity index (χ0) is 11.4. The SMILES string of the molecule is CC1(CNC(=O)[C@H]2CCCO2)CCCNC1. The topological polar surface area (TPSA) is 50.4 Å². The molecule has 2 fully saturated rings. The largest absolute Gasteiger partial charge is 0.368 e. The molecule has 2 aliphatic heterocycles. The molecule has 0 spiro atoms. The minimum absolute atomic E-state index is 0.0734. The molecule has 2 saturated heterocycles. The summed E-state index contributed by atoms with van der Waals surface area (Å²) in [4.78, 5) is 11.8. The van der Waals surface area contributed by atoms with Gasteiger partial charge in [-0.1, -0.05) is 6.92 Å². The van der Waals surface area contributed by atoms with Crippen LogP contribution in [0.4, 0.5) is 0 Å². The van der Waals surface area contributed by atoms with Crippen molar-refractivity contribution in [1.82, 2.24) is 10.6 Å². The molecule has 16 heavy (non-hydrogen) atoms. The summed E-state index contributed by atoms with van der Waals surface area (Å²) >= 11 is 0. The monoisotopic (exact) mass is 226 g/mol. The van der Waals surface area contributed by atoms with Crippen molar-refractivity contribution in [2.45, 2.75) is 38.7 Å². The van der Waals surface area contributed by atoms with E-state index in [1.54, 1.807) is 0 Å². The van der Waals surface area contributed by atoms with Gasteiger partial charge in [-0.05, 0) is 37.6 Å². The van der Waals surface area contributed by atoms with Crippen LogP contribution in [0, 0.1) is 5.41 Å². The lowest BCUT2D eigenvalue weighted by Crippen LogP contribution is -2.47. The highest BCUT2D eigenvalue weighted by Gasteiger charge is 2.29. The summed E-state index contributed by atoms with van der Waals surface area (Å²) in [7, 11) is 0. The Morgan fingerprint density at radius 3 is 3.06 bits per heavy atom. The summed E-state index contributed by atoms with van der Waals surface area (Å²) < 4.78 is 5.36. The maximum absolute atomic E-state index is 11.8. The second-order valence-electron chi connectivity index (χ2n) is 5.31. The minimum atomic E-state index is -0.194. The molecule has 2 atom stereocenters. The molecule has 0 aromatic carbocycles. The molecule has 2 heterocycles. The van der Waals surface area contributed by atoms with Crippen LogP contribution < -0.4 is 10.6 Å². The van der Waals surface area contributed by atoms with E-state index in [2.05, 4.69) is 17.6 Å². The third-order valence-corrected chi connectivity index (χ3v) is 3.60. The molecular formula is C12H22N2O2. The Kier molecular flexibility index (Phi) is 3.82. The van der Waals surface area contributed by atoms with Gasteiger partial charge in [-0.3, -0.25) is 4.79 Å². The van der Waals surface area contributed by atoms with Crippen LogP contribution in [0.3, 0.4) is 0 Å². The number of rotatable bonds is 3. The van der Waals surface area contributed by atoms with Gasteiger partial charge in [0.25, 0.3) is 0 Å². The van der Waals surface area contributed by atoms with Gasteiger partial charge >= 0.3 is 0 Å². The third-order valence-electron chi connectivity index (χ3n) is 3.60. The highest BCUT2D eigenvalue weighted by Crippen LogP contribution is 2.24. The minimum Gasteiger partial charge on any atom is -0.368 e. The molecule has 0 aromatic rings. The molecule has 4 nitrogen and oxygen atoms in total. The summed E-state index contributed by atoms with van der Waals surface area (Å²) in [6.07, 6.45) is 4.08. The molecule has 2 aliphatic rings. The molecule has 92 valence electrons. The molecule has 4 heteroatoms. The number of carbonyl (C=O) groups excluding carboxylic acids is 1. The van der Waals surface area contributed by atoms with Crippen LogP contribution in [-0.4, -0.2) is 38.3 Å². The second kappa shape index (κ2) is 5.15. The highest BCUT2D eigenvalue weighted by atomic mass is 16.5. The lowest BCUT2D eigenvalue weighted by Gasteiger charge is -2.34. The molecule has 1 amide bonds. The summed E-state index contributed by atoms with van der Waals surface area (Å²) in [6, 6.07) is 0. The van der Waals surface area contributed by atoms with Crippen molar-refractivity contribution < 1.29 is 9.53 Å². The van der Waals surface area contributed by atoms with E-state index in [0.29, 0.717) is 0 Å². The Morgan fingerprint density at radius 1 is 1.56 bits per heavy atom. The Balaban J connectivity index is 1.75. The number of amides is 1. The Hall–Kier alpha value is -0.610. The average Bonchev–Trinajstić information content (AvgIpc) is 2.80. The fourth-order valence-corrected chi connectivity index (χ4v) is 2.47. The van der Waals surface area contributed by atoms with Crippen LogP contribution in [0.5, 0.6) is 0 Å². The molecular weight excluding hydrogens is 204 g/mol. The van der Waals surface area contributed by atoms with Crippen molar-refractivity contribution >= 4 is 5.91 Å². The smallest absolute Gasteiger partial charge is 0.249 e. The second-order valence-corrected chi connectivity index (χ2v) is 5.31. The van der Waals surface area contributed by atoms with Crippen LogP contribution in [0.2, 0.25) is 0 Å². The molecule has 0 bridgehead atoms. The van der Waals surface area contributed by atoms with E-state index in [9.17, 15) is 4.79 Å². The maximum Gasteiger partial charge on any atom is 0.249 e. The Bertz CT molecular complexity index is 243. The molecule has 0 aromatic heterocycles. The molecule has 0 radical (unpaired) electrons. The van der Waals surface area contributed by atoms with Gasteiger partial charge in [0, 0.05) is 19.7 Å². The highest BCUT2D eigenvalue weighted by molar-refractivity contribution is 5.80. The van der Waals surface area contributed by atoms with Crippen LogP contribution in [0.15, 0.2) is 0 Å². The molecule has 2 rings (SSSR count). The number of piperidine rings is 1. The Morgan fingerprint density at radius 2 is 2.44 bits per heavy atom. The van der Waals surface area contributed by atoms with Gasteiger partial charge in [-0.2, -0.15) is 0 Å². The quantitative estimate of drug-likeness (QED) is 0.743. The summed E-state index contributed by atoms with van der Waals surface area (Å²) in [5, 5.41) is 6.42. The molecule has 0 aliphatic carbocycles. The maximum atomic E-state index is 11.8. The van der Waals surface area contributed by atoms with E-state index in [1.165, 1.54) is 12.8 Å². The third kappa shape index (κ3) is 2.95. The number of hydrogen-bond donors (Lipinski definition) is 2. The molecule has 1 unspecified atom stereocenters. The van der Waals surface area contributed by atoms with E-state index in [1.807, 2.05) is 0 Å². The van der Waals surface area contributed by atoms with Crippen molar-refractivity contribution in [2.75, 3.05) is 26.2 Å². The summed E-state index contributed by atoms with van der Waals surface area (Å²) in [6.45, 7) is 5.83. The number of hydrogen-bond acceptors (Lipinski definition) is 3. The first-order valence-electron chi connectivity index (χ1n) is 6.30. The fraction of sp³-hybridized carbons (Fsp3) is 0.917. The lowest BCUT2D eigenvalue weighted by atomic mass is 9.83. The predicted molar refractivity (Wildman–Crippen MR) is 62.2 cm³/mol. The number of carbonyl (C=O) groups is 1. The van der Waals surface area contributed by atoms with E-state index >= 15 is 0 Å². The molecule has 0 saturated carbocycles. The predicted octanol–water partition coefficient (Wildman–Crippen LogP) is 0.671. The zero-order valence-corrected chi connectivity index (χ0v) is 10.1. The van der Waals surface area contributed by atoms with E-state index in [0.717, 1.165) is 39.1 Å². The van der Waals surface area contributed by atoms with Crippen LogP contribution >= 0.6 is 0 Å². The lowest BCUT2D eigenvalue weighted by molar-refractivity contribution is -0.130. The van der Waals surface area contributed by atoms with Gasteiger partial charge in [-0.15, -0.1) is 0 Å². The van der Waals surface area contributed by atoms with Gasteiger partial charge < -0.3 is 15.4 Å². The standard InChI is InChI=1S/C12H22N2O2/c1-12(5-3-6-13-8-12)9-14-11(15)10-4-2-7-16-10/h10,13H,2-9H2,1H3,(H,14,15)/t10-,12?/m1/s1. The number of ether oxygens (including phenoxy) is 1. The van der Waals surface area contributed by atoms with Crippen LogP contribution in [0.25, 0.3) is 0 Å². The van der Waals surface area contributed by atoms with E-state index in [-0.39, 0.29) is 17.4 Å². The Labute approximate surface area is 97.1 Å². The van der Waals surface area contributed by atoms with Crippen molar-refractivity contribution in [1.29, 1.82) is 0 Å². The molecule has 2 N–H and O–H groups in total. The van der Waals surface area contributed by atoms with Crippen molar-refractivity contribution in [3.8, 4) is 0 Å².